The van der Waals surface area contributed by atoms with Gasteiger partial charge in [0, 0.05) is 16.3 Å². The van der Waals surface area contributed by atoms with Gasteiger partial charge in [0.2, 0.25) is 5.28 Å². The maximum absolute atomic E-state index is 6.46. The van der Waals surface area contributed by atoms with E-state index in [-0.39, 0.29) is 5.28 Å². The Morgan fingerprint density at radius 1 is 0.750 bits per heavy atom. The molecule has 0 aliphatic rings. The maximum atomic E-state index is 6.46. The zero-order valence-corrected chi connectivity index (χ0v) is 18.9. The summed E-state index contributed by atoms with van der Waals surface area (Å²) < 4.78 is 0. The molecule has 0 aliphatic carbocycles. The average Bonchev–Trinajstić information content (AvgIpc) is 2.84. The number of hydrogen-bond donors (Lipinski definition) is 0. The highest BCUT2D eigenvalue weighted by molar-refractivity contribution is 6.29. The van der Waals surface area contributed by atoms with Crippen molar-refractivity contribution in [1.82, 2.24) is 9.97 Å². The first-order valence-corrected chi connectivity index (χ1v) is 11.3. The lowest BCUT2D eigenvalue weighted by atomic mass is 9.90. The van der Waals surface area contributed by atoms with Crippen LogP contribution in [0.1, 0.15) is 25.0 Å². The van der Waals surface area contributed by atoms with Crippen molar-refractivity contribution in [3.05, 3.63) is 101 Å². The Balaban J connectivity index is 1.83. The van der Waals surface area contributed by atoms with Gasteiger partial charge in [-0.1, -0.05) is 97.9 Å². The minimum absolute atomic E-state index is 0.264. The average molecular weight is 435 g/mol. The van der Waals surface area contributed by atoms with E-state index in [4.69, 9.17) is 21.6 Å². The van der Waals surface area contributed by atoms with Gasteiger partial charge in [0.1, 0.15) is 0 Å². The van der Waals surface area contributed by atoms with Gasteiger partial charge in [-0.25, -0.2) is 9.97 Å². The smallest absolute Gasteiger partial charge is 0.217 e. The van der Waals surface area contributed by atoms with Gasteiger partial charge < -0.3 is 0 Å². The minimum Gasteiger partial charge on any atom is -0.217 e. The molecule has 1 heterocycles. The second-order valence-electron chi connectivity index (χ2n) is 7.80. The van der Waals surface area contributed by atoms with Gasteiger partial charge in [-0.05, 0) is 52.6 Å². The number of hydrogen-bond acceptors (Lipinski definition) is 2. The van der Waals surface area contributed by atoms with E-state index < -0.39 is 0 Å². The van der Waals surface area contributed by atoms with Crippen LogP contribution in [0.5, 0.6) is 0 Å². The van der Waals surface area contributed by atoms with E-state index in [0.717, 1.165) is 34.0 Å². The molecule has 0 saturated carbocycles. The number of aromatic nitrogens is 2. The molecule has 0 atom stereocenters. The Morgan fingerprint density at radius 3 is 2.06 bits per heavy atom. The molecule has 32 heavy (non-hydrogen) atoms. The van der Waals surface area contributed by atoms with Crippen LogP contribution in [-0.2, 0) is 6.42 Å². The van der Waals surface area contributed by atoms with Crippen LogP contribution in [0.25, 0.3) is 50.1 Å². The molecule has 156 valence electrons. The SMILES string of the molecule is C/C=C\c1c(CC)c2ccccc2c2nc(Cl)nc(-c3ccc(-c4ccccc4)cc3)c12. The Morgan fingerprint density at radius 2 is 1.38 bits per heavy atom. The second-order valence-corrected chi connectivity index (χ2v) is 8.14. The highest BCUT2D eigenvalue weighted by Crippen LogP contribution is 2.39. The van der Waals surface area contributed by atoms with Crippen LogP contribution in [-0.4, -0.2) is 9.97 Å². The standard InChI is InChI=1S/C29H23ClN2/c1-3-10-24-22(4-2)23-13-8-9-14-25(23)28-26(24)27(31-29(30)32-28)21-17-15-20(16-18-21)19-11-6-5-7-12-19/h3,5-18H,4H2,1-2H3/b10-3-. The topological polar surface area (TPSA) is 25.8 Å². The first-order chi connectivity index (χ1) is 15.7. The predicted octanol–water partition coefficient (Wildman–Crippen LogP) is 8.37. The number of fused-ring (bicyclic) bond motifs is 3. The van der Waals surface area contributed by atoms with Crippen molar-refractivity contribution in [3.63, 3.8) is 0 Å². The lowest BCUT2D eigenvalue weighted by Gasteiger charge is -2.17. The van der Waals surface area contributed by atoms with Crippen molar-refractivity contribution in [2.24, 2.45) is 0 Å². The maximum Gasteiger partial charge on any atom is 0.223 e. The van der Waals surface area contributed by atoms with Crippen LogP contribution < -0.4 is 0 Å². The molecule has 0 aliphatic heterocycles. The highest BCUT2D eigenvalue weighted by atomic mass is 35.5. The molecule has 0 spiro atoms. The van der Waals surface area contributed by atoms with Crippen LogP contribution in [0.2, 0.25) is 5.28 Å². The van der Waals surface area contributed by atoms with Crippen molar-refractivity contribution >= 4 is 39.4 Å². The van der Waals surface area contributed by atoms with Crippen molar-refractivity contribution in [2.75, 3.05) is 0 Å². The number of benzene rings is 4. The van der Waals surface area contributed by atoms with Crippen LogP contribution >= 0.6 is 11.6 Å². The fraction of sp³-hybridized carbons (Fsp3) is 0.103. The van der Waals surface area contributed by atoms with Gasteiger partial charge in [0.15, 0.2) is 0 Å². The third-order valence-electron chi connectivity index (χ3n) is 5.94. The molecule has 0 unspecified atom stereocenters. The van der Waals surface area contributed by atoms with Gasteiger partial charge in [-0.3, -0.25) is 0 Å². The molecule has 0 saturated heterocycles. The largest absolute Gasteiger partial charge is 0.223 e. The Bertz CT molecular complexity index is 1450. The highest BCUT2D eigenvalue weighted by Gasteiger charge is 2.18. The van der Waals surface area contributed by atoms with E-state index in [9.17, 15) is 0 Å². The van der Waals surface area contributed by atoms with Gasteiger partial charge >= 0.3 is 0 Å². The molecule has 0 radical (unpaired) electrons. The van der Waals surface area contributed by atoms with E-state index in [1.807, 2.05) is 13.0 Å². The third kappa shape index (κ3) is 3.47. The van der Waals surface area contributed by atoms with Crippen molar-refractivity contribution < 1.29 is 0 Å². The Kier molecular flexibility index (Phi) is 5.46. The Labute approximate surface area is 193 Å². The molecular formula is C29H23ClN2. The van der Waals surface area contributed by atoms with E-state index in [1.165, 1.54) is 27.6 Å². The lowest BCUT2D eigenvalue weighted by molar-refractivity contribution is 1.15. The predicted molar refractivity (Wildman–Crippen MR) is 137 cm³/mol. The van der Waals surface area contributed by atoms with Gasteiger partial charge in [0.25, 0.3) is 0 Å². The van der Waals surface area contributed by atoms with Crippen molar-refractivity contribution in [2.45, 2.75) is 20.3 Å². The lowest BCUT2D eigenvalue weighted by Crippen LogP contribution is -1.99. The molecule has 2 nitrogen and oxygen atoms in total. The Hall–Kier alpha value is -3.49. The fourth-order valence-corrected chi connectivity index (χ4v) is 4.69. The summed E-state index contributed by atoms with van der Waals surface area (Å²) in [5.74, 6) is 0. The normalized spacial score (nSPS) is 11.6. The molecule has 5 rings (SSSR count). The van der Waals surface area contributed by atoms with Gasteiger partial charge in [0.05, 0.1) is 11.2 Å². The number of allylic oxidation sites excluding steroid dienone is 1. The first kappa shape index (κ1) is 20.4. The summed E-state index contributed by atoms with van der Waals surface area (Å²) in [6.45, 7) is 4.25. The molecule has 3 heteroatoms. The summed E-state index contributed by atoms with van der Waals surface area (Å²) >= 11 is 6.46. The van der Waals surface area contributed by atoms with Crippen LogP contribution in [0.4, 0.5) is 0 Å². The van der Waals surface area contributed by atoms with E-state index in [1.54, 1.807) is 0 Å². The van der Waals surface area contributed by atoms with Gasteiger partial charge in [-0.2, -0.15) is 0 Å². The second kappa shape index (κ2) is 8.57. The van der Waals surface area contributed by atoms with Crippen LogP contribution in [0.15, 0.2) is 84.9 Å². The molecule has 5 aromatic rings. The molecule has 0 amide bonds. The molecular weight excluding hydrogens is 412 g/mol. The van der Waals surface area contributed by atoms with E-state index >= 15 is 0 Å². The molecule has 0 bridgehead atoms. The first-order valence-electron chi connectivity index (χ1n) is 10.9. The molecule has 1 aromatic heterocycles. The summed E-state index contributed by atoms with van der Waals surface area (Å²) in [5.41, 5.74) is 7.63. The number of halogens is 1. The number of rotatable bonds is 4. The van der Waals surface area contributed by atoms with Gasteiger partial charge in [-0.15, -0.1) is 0 Å². The summed E-state index contributed by atoms with van der Waals surface area (Å²) in [6.07, 6.45) is 5.18. The quantitative estimate of drug-likeness (QED) is 0.210. The summed E-state index contributed by atoms with van der Waals surface area (Å²) in [4.78, 5) is 9.41. The van der Waals surface area contributed by atoms with Crippen LogP contribution in [0, 0.1) is 0 Å². The van der Waals surface area contributed by atoms with Crippen molar-refractivity contribution in [1.29, 1.82) is 0 Å². The minimum atomic E-state index is 0.264. The third-order valence-corrected chi connectivity index (χ3v) is 6.10. The van der Waals surface area contributed by atoms with Crippen molar-refractivity contribution in [3.8, 4) is 22.4 Å². The zero-order valence-electron chi connectivity index (χ0n) is 18.1. The molecule has 4 aromatic carbocycles. The number of aryl methyl sites for hydroxylation is 1. The van der Waals surface area contributed by atoms with E-state index in [0.29, 0.717) is 0 Å². The summed E-state index contributed by atoms with van der Waals surface area (Å²) in [5, 5.41) is 3.64. The molecule has 0 fully saturated rings. The summed E-state index contributed by atoms with van der Waals surface area (Å²) in [7, 11) is 0. The fourth-order valence-electron chi connectivity index (χ4n) is 4.52. The monoisotopic (exact) mass is 434 g/mol. The van der Waals surface area contributed by atoms with Crippen LogP contribution in [0.3, 0.4) is 0 Å². The zero-order chi connectivity index (χ0) is 22.1. The van der Waals surface area contributed by atoms with E-state index in [2.05, 4.69) is 91.9 Å². The number of nitrogens with zero attached hydrogens (tertiary/aromatic N) is 2. The molecule has 0 N–H and O–H groups in total. The summed E-state index contributed by atoms with van der Waals surface area (Å²) in [6, 6.07) is 27.4.